The van der Waals surface area contributed by atoms with Crippen molar-refractivity contribution in [1.29, 1.82) is 0 Å². The van der Waals surface area contributed by atoms with Crippen LogP contribution in [-0.4, -0.2) is 46.6 Å². The van der Waals surface area contributed by atoms with Gasteiger partial charge in [0.1, 0.15) is 18.8 Å². The van der Waals surface area contributed by atoms with Gasteiger partial charge in [0.05, 0.1) is 12.2 Å². The molecular formula is C11H15N7O4. The summed E-state index contributed by atoms with van der Waals surface area (Å²) in [6.07, 6.45) is 2.84. The molecule has 0 radical (unpaired) electrons. The molecule has 1 unspecified atom stereocenters. The zero-order valence-corrected chi connectivity index (χ0v) is 11.8. The molecule has 0 bridgehead atoms. The quantitative estimate of drug-likeness (QED) is 0.504. The molecule has 0 aliphatic rings. The van der Waals surface area contributed by atoms with Crippen LogP contribution in [0.2, 0.25) is 0 Å². The topological polar surface area (TPSA) is 155 Å². The summed E-state index contributed by atoms with van der Waals surface area (Å²) in [4.78, 5) is 25.0. The average molecular weight is 309 g/mol. The van der Waals surface area contributed by atoms with E-state index in [-0.39, 0.29) is 12.2 Å². The zero-order valence-electron chi connectivity index (χ0n) is 11.8. The minimum atomic E-state index is -1.11. The normalized spacial score (nSPS) is 12.3. The number of nitrogens with two attached hydrogens (primary N) is 1. The highest BCUT2D eigenvalue weighted by Crippen LogP contribution is 2.13. The molecule has 0 saturated heterocycles. The molecule has 22 heavy (non-hydrogen) atoms. The molecule has 2 rings (SSSR count). The third-order valence-electron chi connectivity index (χ3n) is 3.11. The van der Waals surface area contributed by atoms with Crippen LogP contribution in [0.25, 0.3) is 0 Å². The fourth-order valence-electron chi connectivity index (χ4n) is 1.93. The standard InChI is InChI=1S/C11H15N7O4/c1-7-13-5-10(18(21)22)17(7)3-2-16-6-8(14-15-16)4-9(12)11(19)20/h5-6,9H,2-4,12H2,1H3,(H,19,20). The molecule has 0 aliphatic carbocycles. The Bertz CT molecular complexity index is 692. The Labute approximate surface area is 124 Å². The predicted molar refractivity (Wildman–Crippen MR) is 73.0 cm³/mol. The van der Waals surface area contributed by atoms with Crippen molar-refractivity contribution >= 4 is 11.8 Å². The van der Waals surface area contributed by atoms with E-state index in [1.54, 1.807) is 13.1 Å². The van der Waals surface area contributed by atoms with Crippen molar-refractivity contribution in [2.24, 2.45) is 5.73 Å². The maximum atomic E-state index is 10.9. The lowest BCUT2D eigenvalue weighted by atomic mass is 10.2. The van der Waals surface area contributed by atoms with Crippen LogP contribution in [0.5, 0.6) is 0 Å². The van der Waals surface area contributed by atoms with E-state index in [0.29, 0.717) is 24.6 Å². The molecule has 2 aromatic heterocycles. The molecule has 2 heterocycles. The van der Waals surface area contributed by atoms with E-state index in [9.17, 15) is 14.9 Å². The zero-order chi connectivity index (χ0) is 16.3. The highest BCUT2D eigenvalue weighted by Gasteiger charge is 2.18. The van der Waals surface area contributed by atoms with Gasteiger partial charge in [-0.2, -0.15) is 0 Å². The predicted octanol–water partition coefficient (Wildman–Crippen LogP) is -0.654. The summed E-state index contributed by atoms with van der Waals surface area (Å²) in [5.74, 6) is -0.676. The van der Waals surface area contributed by atoms with Crippen LogP contribution in [0, 0.1) is 17.0 Å². The summed E-state index contributed by atoms with van der Waals surface area (Å²) in [5.41, 5.74) is 5.87. The summed E-state index contributed by atoms with van der Waals surface area (Å²) in [7, 11) is 0. The van der Waals surface area contributed by atoms with Crippen molar-refractivity contribution in [3.63, 3.8) is 0 Å². The fraction of sp³-hybridized carbons (Fsp3) is 0.455. The molecule has 1 atom stereocenters. The maximum absolute atomic E-state index is 10.9. The number of nitro groups is 1. The minimum absolute atomic E-state index is 0.0690. The molecule has 11 nitrogen and oxygen atoms in total. The highest BCUT2D eigenvalue weighted by molar-refractivity contribution is 5.73. The lowest BCUT2D eigenvalue weighted by Gasteiger charge is -2.03. The van der Waals surface area contributed by atoms with Crippen LogP contribution in [0.1, 0.15) is 11.5 Å². The van der Waals surface area contributed by atoms with Crippen LogP contribution < -0.4 is 5.73 Å². The van der Waals surface area contributed by atoms with E-state index in [1.165, 1.54) is 15.4 Å². The van der Waals surface area contributed by atoms with E-state index < -0.39 is 16.9 Å². The first-order valence-electron chi connectivity index (χ1n) is 6.42. The van der Waals surface area contributed by atoms with Crippen molar-refractivity contribution in [3.8, 4) is 0 Å². The minimum Gasteiger partial charge on any atom is -0.480 e. The number of hydrogen-bond acceptors (Lipinski definition) is 7. The Hall–Kier alpha value is -2.82. The van der Waals surface area contributed by atoms with E-state index in [1.807, 2.05) is 0 Å². The number of carboxylic acids is 1. The van der Waals surface area contributed by atoms with Gasteiger partial charge in [0.15, 0.2) is 5.82 Å². The molecule has 0 spiro atoms. The summed E-state index contributed by atoms with van der Waals surface area (Å²) in [6, 6.07) is -1.04. The summed E-state index contributed by atoms with van der Waals surface area (Å²) < 4.78 is 2.94. The molecule has 0 fully saturated rings. The van der Waals surface area contributed by atoms with E-state index in [4.69, 9.17) is 10.8 Å². The number of hydrogen-bond donors (Lipinski definition) is 2. The Balaban J connectivity index is 2.01. The average Bonchev–Trinajstić information content (AvgIpc) is 3.03. The second-order valence-electron chi connectivity index (χ2n) is 4.69. The van der Waals surface area contributed by atoms with E-state index in [2.05, 4.69) is 15.3 Å². The van der Waals surface area contributed by atoms with Crippen LogP contribution in [-0.2, 0) is 24.3 Å². The molecule has 118 valence electrons. The third-order valence-corrected chi connectivity index (χ3v) is 3.11. The molecular weight excluding hydrogens is 294 g/mol. The first-order valence-corrected chi connectivity index (χ1v) is 6.42. The van der Waals surface area contributed by atoms with Crippen molar-refractivity contribution in [1.82, 2.24) is 24.5 Å². The van der Waals surface area contributed by atoms with Gasteiger partial charge in [-0.1, -0.05) is 5.21 Å². The summed E-state index contributed by atoms with van der Waals surface area (Å²) in [5, 5.41) is 27.3. The van der Waals surface area contributed by atoms with Crippen LogP contribution in [0.4, 0.5) is 5.82 Å². The SMILES string of the molecule is Cc1ncc([N+](=O)[O-])n1CCn1cc(CC(N)C(=O)O)nn1. The Kier molecular flexibility index (Phi) is 4.46. The van der Waals surface area contributed by atoms with Crippen molar-refractivity contribution in [3.05, 3.63) is 34.0 Å². The Morgan fingerprint density at radius 2 is 2.27 bits per heavy atom. The molecule has 0 aliphatic heterocycles. The molecule has 0 saturated carbocycles. The number of imidazole rings is 1. The van der Waals surface area contributed by atoms with Crippen LogP contribution in [0.3, 0.4) is 0 Å². The van der Waals surface area contributed by atoms with Gasteiger partial charge in [0.2, 0.25) is 0 Å². The van der Waals surface area contributed by atoms with Gasteiger partial charge in [-0.15, -0.1) is 5.10 Å². The van der Waals surface area contributed by atoms with Crippen molar-refractivity contribution < 1.29 is 14.8 Å². The lowest BCUT2D eigenvalue weighted by Crippen LogP contribution is -2.32. The number of nitrogens with zero attached hydrogens (tertiary/aromatic N) is 6. The summed E-state index contributed by atoms with van der Waals surface area (Å²) in [6.45, 7) is 2.31. The number of carboxylic acid groups (broad SMARTS) is 1. The second kappa shape index (κ2) is 6.30. The summed E-state index contributed by atoms with van der Waals surface area (Å²) >= 11 is 0. The third kappa shape index (κ3) is 3.44. The molecule has 3 N–H and O–H groups in total. The monoisotopic (exact) mass is 309 g/mol. The van der Waals surface area contributed by atoms with Gasteiger partial charge >= 0.3 is 11.8 Å². The van der Waals surface area contributed by atoms with Gasteiger partial charge < -0.3 is 21.0 Å². The van der Waals surface area contributed by atoms with Crippen molar-refractivity contribution in [2.75, 3.05) is 0 Å². The number of rotatable bonds is 7. The largest absolute Gasteiger partial charge is 0.480 e. The molecule has 2 aromatic rings. The Morgan fingerprint density at radius 3 is 2.91 bits per heavy atom. The van der Waals surface area contributed by atoms with Gasteiger partial charge in [-0.05, 0) is 4.92 Å². The number of carbonyl (C=O) groups is 1. The first-order chi connectivity index (χ1) is 10.4. The fourth-order valence-corrected chi connectivity index (χ4v) is 1.93. The Morgan fingerprint density at radius 1 is 1.55 bits per heavy atom. The smallest absolute Gasteiger partial charge is 0.342 e. The van der Waals surface area contributed by atoms with Gasteiger partial charge in [0.25, 0.3) is 0 Å². The maximum Gasteiger partial charge on any atom is 0.342 e. The highest BCUT2D eigenvalue weighted by atomic mass is 16.6. The van der Waals surface area contributed by atoms with Crippen LogP contribution in [0.15, 0.2) is 12.4 Å². The number of aryl methyl sites for hydroxylation is 2. The number of aliphatic carboxylic acids is 1. The van der Waals surface area contributed by atoms with Crippen LogP contribution >= 0.6 is 0 Å². The molecule has 0 amide bonds. The lowest BCUT2D eigenvalue weighted by molar-refractivity contribution is -0.392. The van der Waals surface area contributed by atoms with Gasteiger partial charge in [0, 0.05) is 19.5 Å². The van der Waals surface area contributed by atoms with Gasteiger partial charge in [-0.25, -0.2) is 14.2 Å². The molecule has 0 aromatic carbocycles. The van der Waals surface area contributed by atoms with Gasteiger partial charge in [-0.3, -0.25) is 4.79 Å². The van der Waals surface area contributed by atoms with E-state index in [0.717, 1.165) is 0 Å². The van der Waals surface area contributed by atoms with E-state index >= 15 is 0 Å². The van der Waals surface area contributed by atoms with Crippen molar-refractivity contribution in [2.45, 2.75) is 32.5 Å². The first kappa shape index (κ1) is 15.6. The molecule has 11 heteroatoms. The second-order valence-corrected chi connectivity index (χ2v) is 4.69. The number of aromatic nitrogens is 5.